The molecule has 0 amide bonds. The van der Waals surface area contributed by atoms with Crippen molar-refractivity contribution in [3.63, 3.8) is 0 Å². The number of amidine groups is 1. The Hall–Kier alpha value is -1.78. The smallest absolute Gasteiger partial charge is 0.188 e. The van der Waals surface area contributed by atoms with Gasteiger partial charge in [-0.25, -0.2) is 4.98 Å². The quantitative estimate of drug-likeness (QED) is 0.362. The minimum Gasteiger partial charge on any atom is -0.409 e. The molecule has 0 aliphatic heterocycles. The first-order valence-corrected chi connectivity index (χ1v) is 5.61. The van der Waals surface area contributed by atoms with Crippen LogP contribution in [0.5, 0.6) is 0 Å². The summed E-state index contributed by atoms with van der Waals surface area (Å²) in [4.78, 5) is 6.45. The standard InChI is InChI=1S/C12H20N4O/c1-5-12(2,3)16(4)10-8-6-7-9(14-10)11(13)15-17/h6-8,17H,5H2,1-4H3,(H2,13,15). The normalized spacial score (nSPS) is 12.6. The van der Waals surface area contributed by atoms with Gasteiger partial charge < -0.3 is 15.8 Å². The molecule has 5 nitrogen and oxygen atoms in total. The summed E-state index contributed by atoms with van der Waals surface area (Å²) in [6.07, 6.45) is 0.999. The first kappa shape index (κ1) is 13.3. The van der Waals surface area contributed by atoms with Gasteiger partial charge in [-0.15, -0.1) is 0 Å². The Morgan fingerprint density at radius 2 is 2.18 bits per heavy atom. The predicted octanol–water partition coefficient (Wildman–Crippen LogP) is 1.80. The van der Waals surface area contributed by atoms with E-state index in [1.807, 2.05) is 19.2 Å². The van der Waals surface area contributed by atoms with Crippen LogP contribution < -0.4 is 10.6 Å². The summed E-state index contributed by atoms with van der Waals surface area (Å²) in [5, 5.41) is 11.6. The zero-order valence-electron chi connectivity index (χ0n) is 10.8. The van der Waals surface area contributed by atoms with Crippen LogP contribution in [0.3, 0.4) is 0 Å². The molecule has 17 heavy (non-hydrogen) atoms. The Balaban J connectivity index is 3.08. The fraction of sp³-hybridized carbons (Fsp3) is 0.500. The van der Waals surface area contributed by atoms with Crippen molar-refractivity contribution in [3.05, 3.63) is 23.9 Å². The zero-order chi connectivity index (χ0) is 13.1. The molecule has 0 aromatic carbocycles. The van der Waals surface area contributed by atoms with Crippen molar-refractivity contribution in [1.82, 2.24) is 4.98 Å². The fourth-order valence-electron chi connectivity index (χ4n) is 1.35. The molecule has 0 atom stereocenters. The van der Waals surface area contributed by atoms with Gasteiger partial charge in [0.15, 0.2) is 5.84 Å². The lowest BCUT2D eigenvalue weighted by Crippen LogP contribution is -2.41. The Kier molecular flexibility index (Phi) is 3.93. The zero-order valence-corrected chi connectivity index (χ0v) is 10.8. The molecule has 0 aliphatic rings. The summed E-state index contributed by atoms with van der Waals surface area (Å²) in [5.74, 6) is 0.829. The van der Waals surface area contributed by atoms with E-state index in [0.717, 1.165) is 12.2 Å². The number of nitrogens with zero attached hydrogens (tertiary/aromatic N) is 3. The van der Waals surface area contributed by atoms with Crippen LogP contribution in [-0.4, -0.2) is 28.6 Å². The van der Waals surface area contributed by atoms with Crippen molar-refractivity contribution in [1.29, 1.82) is 0 Å². The van der Waals surface area contributed by atoms with Gasteiger partial charge in [0.2, 0.25) is 0 Å². The summed E-state index contributed by atoms with van der Waals surface area (Å²) in [6.45, 7) is 6.42. The molecule has 0 fully saturated rings. The van der Waals surface area contributed by atoms with E-state index in [0.29, 0.717) is 5.69 Å². The maximum Gasteiger partial charge on any atom is 0.188 e. The van der Waals surface area contributed by atoms with Crippen molar-refractivity contribution in [2.45, 2.75) is 32.7 Å². The molecular weight excluding hydrogens is 216 g/mol. The molecule has 0 bridgehead atoms. The molecule has 1 heterocycles. The van der Waals surface area contributed by atoms with Crippen molar-refractivity contribution >= 4 is 11.7 Å². The second kappa shape index (κ2) is 5.03. The number of aromatic nitrogens is 1. The van der Waals surface area contributed by atoms with Gasteiger partial charge in [-0.1, -0.05) is 18.1 Å². The number of hydrogen-bond acceptors (Lipinski definition) is 4. The molecule has 94 valence electrons. The van der Waals surface area contributed by atoms with Crippen LogP contribution in [0.15, 0.2) is 23.4 Å². The largest absolute Gasteiger partial charge is 0.409 e. The third-order valence-electron chi connectivity index (χ3n) is 3.22. The Morgan fingerprint density at radius 1 is 1.53 bits per heavy atom. The summed E-state index contributed by atoms with van der Waals surface area (Å²) in [7, 11) is 1.99. The second-order valence-corrected chi connectivity index (χ2v) is 4.59. The van der Waals surface area contributed by atoms with Crippen molar-refractivity contribution < 1.29 is 5.21 Å². The predicted molar refractivity (Wildman–Crippen MR) is 69.5 cm³/mol. The number of nitrogens with two attached hydrogens (primary N) is 1. The minimum atomic E-state index is 0.0107. The van der Waals surface area contributed by atoms with Gasteiger partial charge in [0.25, 0.3) is 0 Å². The van der Waals surface area contributed by atoms with E-state index in [-0.39, 0.29) is 11.4 Å². The first-order chi connectivity index (χ1) is 7.92. The summed E-state index contributed by atoms with van der Waals surface area (Å²) < 4.78 is 0. The molecule has 1 aromatic heterocycles. The molecule has 0 unspecified atom stereocenters. The molecule has 1 aromatic rings. The summed E-state index contributed by atoms with van der Waals surface area (Å²) in [5.41, 5.74) is 6.01. The maximum absolute atomic E-state index is 8.63. The van der Waals surface area contributed by atoms with E-state index < -0.39 is 0 Å². The van der Waals surface area contributed by atoms with E-state index in [1.165, 1.54) is 0 Å². The Bertz CT molecular complexity index is 415. The Morgan fingerprint density at radius 3 is 2.71 bits per heavy atom. The molecule has 0 saturated carbocycles. The third kappa shape index (κ3) is 2.87. The number of anilines is 1. The van der Waals surface area contributed by atoms with Crippen LogP contribution in [0.4, 0.5) is 5.82 Å². The highest BCUT2D eigenvalue weighted by Crippen LogP contribution is 2.22. The molecule has 0 aliphatic carbocycles. The lowest BCUT2D eigenvalue weighted by Gasteiger charge is -2.35. The summed E-state index contributed by atoms with van der Waals surface area (Å²) in [6, 6.07) is 5.47. The van der Waals surface area contributed by atoms with E-state index >= 15 is 0 Å². The average Bonchev–Trinajstić information content (AvgIpc) is 2.36. The van der Waals surface area contributed by atoms with E-state index in [2.05, 4.69) is 35.8 Å². The number of oxime groups is 1. The highest BCUT2D eigenvalue weighted by Gasteiger charge is 2.22. The van der Waals surface area contributed by atoms with Crippen molar-refractivity contribution in [3.8, 4) is 0 Å². The molecule has 5 heteroatoms. The highest BCUT2D eigenvalue weighted by atomic mass is 16.4. The van der Waals surface area contributed by atoms with Gasteiger partial charge in [-0.3, -0.25) is 0 Å². The topological polar surface area (TPSA) is 74.7 Å². The monoisotopic (exact) mass is 236 g/mol. The van der Waals surface area contributed by atoms with E-state index in [9.17, 15) is 0 Å². The fourth-order valence-corrected chi connectivity index (χ4v) is 1.35. The molecule has 0 saturated heterocycles. The highest BCUT2D eigenvalue weighted by molar-refractivity contribution is 5.95. The molecule has 3 N–H and O–H groups in total. The lowest BCUT2D eigenvalue weighted by molar-refractivity contribution is 0.318. The third-order valence-corrected chi connectivity index (χ3v) is 3.22. The SMILES string of the molecule is CCC(C)(C)N(C)c1cccc(C(N)=NO)n1. The molecular formula is C12H20N4O. The summed E-state index contributed by atoms with van der Waals surface area (Å²) >= 11 is 0. The lowest BCUT2D eigenvalue weighted by atomic mass is 10.00. The first-order valence-electron chi connectivity index (χ1n) is 5.61. The van der Waals surface area contributed by atoms with Gasteiger partial charge in [0.1, 0.15) is 11.5 Å². The van der Waals surface area contributed by atoms with Crippen LogP contribution >= 0.6 is 0 Å². The minimum absolute atomic E-state index is 0.0107. The number of pyridine rings is 1. The van der Waals surface area contributed by atoms with Crippen LogP contribution in [-0.2, 0) is 0 Å². The van der Waals surface area contributed by atoms with Crippen LogP contribution in [0.25, 0.3) is 0 Å². The van der Waals surface area contributed by atoms with Crippen molar-refractivity contribution in [2.75, 3.05) is 11.9 Å². The molecule has 0 spiro atoms. The van der Waals surface area contributed by atoms with Gasteiger partial charge >= 0.3 is 0 Å². The van der Waals surface area contributed by atoms with Crippen molar-refractivity contribution in [2.24, 2.45) is 10.9 Å². The maximum atomic E-state index is 8.63. The van der Waals surface area contributed by atoms with Gasteiger partial charge in [0, 0.05) is 12.6 Å². The Labute approximate surface area is 102 Å². The van der Waals surface area contributed by atoms with Gasteiger partial charge in [-0.2, -0.15) is 0 Å². The van der Waals surface area contributed by atoms with Crippen LogP contribution in [0.2, 0.25) is 0 Å². The number of hydrogen-bond donors (Lipinski definition) is 2. The van der Waals surface area contributed by atoms with Gasteiger partial charge in [-0.05, 0) is 32.4 Å². The second-order valence-electron chi connectivity index (χ2n) is 4.59. The number of rotatable bonds is 4. The van der Waals surface area contributed by atoms with E-state index in [4.69, 9.17) is 10.9 Å². The van der Waals surface area contributed by atoms with Crippen LogP contribution in [0.1, 0.15) is 32.9 Å². The van der Waals surface area contributed by atoms with Gasteiger partial charge in [0.05, 0.1) is 0 Å². The van der Waals surface area contributed by atoms with Crippen LogP contribution in [0, 0.1) is 0 Å². The molecule has 1 rings (SSSR count). The van der Waals surface area contributed by atoms with E-state index in [1.54, 1.807) is 6.07 Å². The molecule has 0 radical (unpaired) electrons. The average molecular weight is 236 g/mol.